The van der Waals surface area contributed by atoms with Crippen LogP contribution in [0.4, 0.5) is 0 Å². The van der Waals surface area contributed by atoms with E-state index in [1.807, 2.05) is 18.2 Å². The van der Waals surface area contributed by atoms with Gasteiger partial charge in [0.15, 0.2) is 0 Å². The molecule has 0 unspecified atom stereocenters. The molecule has 3 rings (SSSR count). The molecule has 3 heteroatoms. The highest BCUT2D eigenvalue weighted by Crippen LogP contribution is 2.24. The lowest BCUT2D eigenvalue weighted by atomic mass is 10.2. The fraction of sp³-hybridized carbons (Fsp3) is 0.412. The lowest BCUT2D eigenvalue weighted by Crippen LogP contribution is -2.13. The summed E-state index contributed by atoms with van der Waals surface area (Å²) in [6.45, 7) is 1.57. The predicted molar refractivity (Wildman–Crippen MR) is 78.6 cm³/mol. The second-order valence-electron chi connectivity index (χ2n) is 5.35. The standard InChI is InChI=1S/C17H21NO2/c1-2-7-15(6-1)20-16-8-3-5-14(11-16)12-18-13-17-9-4-10-19-17/h3-5,8-11,15,18H,1-2,6-7,12-13H2. The monoisotopic (exact) mass is 271 g/mol. The summed E-state index contributed by atoms with van der Waals surface area (Å²) in [5, 5.41) is 3.38. The quantitative estimate of drug-likeness (QED) is 0.865. The molecule has 0 saturated heterocycles. The van der Waals surface area contributed by atoms with Crippen LogP contribution in [0.15, 0.2) is 47.1 Å². The highest BCUT2D eigenvalue weighted by molar-refractivity contribution is 5.28. The molecule has 1 aromatic heterocycles. The number of rotatable bonds is 6. The predicted octanol–water partition coefficient (Wildman–Crippen LogP) is 3.89. The molecule has 0 amide bonds. The van der Waals surface area contributed by atoms with Crippen LogP contribution in [0.2, 0.25) is 0 Å². The summed E-state index contributed by atoms with van der Waals surface area (Å²) < 4.78 is 11.3. The summed E-state index contributed by atoms with van der Waals surface area (Å²) in [5.41, 5.74) is 1.24. The van der Waals surface area contributed by atoms with Gasteiger partial charge in [0, 0.05) is 6.54 Å². The fourth-order valence-electron chi connectivity index (χ4n) is 2.67. The molecular weight excluding hydrogens is 250 g/mol. The third kappa shape index (κ3) is 3.64. The summed E-state index contributed by atoms with van der Waals surface area (Å²) in [6, 6.07) is 12.3. The first-order valence-corrected chi connectivity index (χ1v) is 7.39. The Labute approximate surface area is 119 Å². The van der Waals surface area contributed by atoms with E-state index in [9.17, 15) is 0 Å². The molecular formula is C17H21NO2. The smallest absolute Gasteiger partial charge is 0.120 e. The number of ether oxygens (including phenoxy) is 1. The highest BCUT2D eigenvalue weighted by Gasteiger charge is 2.16. The van der Waals surface area contributed by atoms with E-state index in [2.05, 4.69) is 23.5 Å². The molecule has 0 aliphatic heterocycles. The van der Waals surface area contributed by atoms with Gasteiger partial charge in [-0.1, -0.05) is 12.1 Å². The Morgan fingerprint density at radius 2 is 2.00 bits per heavy atom. The summed E-state index contributed by atoms with van der Waals surface area (Å²) in [6.07, 6.45) is 7.11. The summed E-state index contributed by atoms with van der Waals surface area (Å²) >= 11 is 0. The second kappa shape index (κ2) is 6.62. The normalized spacial score (nSPS) is 15.6. The van der Waals surface area contributed by atoms with Gasteiger partial charge in [0.1, 0.15) is 11.5 Å². The Bertz CT molecular complexity index is 516. The molecule has 1 saturated carbocycles. The Balaban J connectivity index is 1.51. The number of nitrogens with one attached hydrogen (secondary N) is 1. The second-order valence-corrected chi connectivity index (χ2v) is 5.35. The van der Waals surface area contributed by atoms with Crippen molar-refractivity contribution in [2.75, 3.05) is 0 Å². The Kier molecular flexibility index (Phi) is 4.38. The minimum atomic E-state index is 0.418. The minimum Gasteiger partial charge on any atom is -0.490 e. The van der Waals surface area contributed by atoms with Gasteiger partial charge in [-0.05, 0) is 55.5 Å². The van der Waals surface area contributed by atoms with Crippen LogP contribution in [0, 0.1) is 0 Å². The number of benzene rings is 1. The summed E-state index contributed by atoms with van der Waals surface area (Å²) in [7, 11) is 0. The Hall–Kier alpha value is -1.74. The zero-order valence-electron chi connectivity index (χ0n) is 11.7. The molecule has 1 heterocycles. The van der Waals surface area contributed by atoms with E-state index in [0.717, 1.165) is 24.6 Å². The number of hydrogen-bond donors (Lipinski definition) is 1. The molecule has 20 heavy (non-hydrogen) atoms. The SMILES string of the molecule is c1cc(CNCc2ccco2)cc(OC2CCCC2)c1. The lowest BCUT2D eigenvalue weighted by Gasteiger charge is -2.14. The van der Waals surface area contributed by atoms with Gasteiger partial charge in [-0.25, -0.2) is 0 Å². The van der Waals surface area contributed by atoms with E-state index in [4.69, 9.17) is 9.15 Å². The van der Waals surface area contributed by atoms with Crippen LogP contribution in [0.5, 0.6) is 5.75 Å². The maximum Gasteiger partial charge on any atom is 0.120 e. The van der Waals surface area contributed by atoms with Crippen molar-refractivity contribution in [1.29, 1.82) is 0 Å². The third-order valence-corrected chi connectivity index (χ3v) is 3.71. The van der Waals surface area contributed by atoms with E-state index in [0.29, 0.717) is 6.10 Å². The first kappa shape index (κ1) is 13.3. The van der Waals surface area contributed by atoms with Gasteiger partial charge < -0.3 is 14.5 Å². The highest BCUT2D eigenvalue weighted by atomic mass is 16.5. The van der Waals surface area contributed by atoms with Gasteiger partial charge in [0.2, 0.25) is 0 Å². The topological polar surface area (TPSA) is 34.4 Å². The van der Waals surface area contributed by atoms with Crippen molar-refractivity contribution in [1.82, 2.24) is 5.32 Å². The molecule has 0 radical (unpaired) electrons. The zero-order valence-corrected chi connectivity index (χ0v) is 11.7. The third-order valence-electron chi connectivity index (χ3n) is 3.71. The van der Waals surface area contributed by atoms with E-state index < -0.39 is 0 Å². The van der Waals surface area contributed by atoms with Crippen LogP contribution >= 0.6 is 0 Å². The van der Waals surface area contributed by atoms with E-state index in [1.165, 1.54) is 31.2 Å². The van der Waals surface area contributed by atoms with Crippen molar-refractivity contribution in [2.24, 2.45) is 0 Å². The zero-order chi connectivity index (χ0) is 13.6. The largest absolute Gasteiger partial charge is 0.490 e. The van der Waals surface area contributed by atoms with Gasteiger partial charge in [-0.3, -0.25) is 0 Å². The fourth-order valence-corrected chi connectivity index (χ4v) is 2.67. The molecule has 1 fully saturated rings. The van der Waals surface area contributed by atoms with Crippen LogP contribution in [0.25, 0.3) is 0 Å². The average Bonchev–Trinajstić information content (AvgIpc) is 3.13. The van der Waals surface area contributed by atoms with Crippen LogP contribution < -0.4 is 10.1 Å². The lowest BCUT2D eigenvalue weighted by molar-refractivity contribution is 0.210. The van der Waals surface area contributed by atoms with Crippen LogP contribution in [-0.2, 0) is 13.1 Å². The van der Waals surface area contributed by atoms with E-state index in [-0.39, 0.29) is 0 Å². The van der Waals surface area contributed by atoms with Gasteiger partial charge in [0.05, 0.1) is 18.9 Å². The van der Waals surface area contributed by atoms with Crippen molar-refractivity contribution in [3.8, 4) is 5.75 Å². The first-order valence-electron chi connectivity index (χ1n) is 7.39. The van der Waals surface area contributed by atoms with E-state index >= 15 is 0 Å². The Morgan fingerprint density at radius 1 is 1.10 bits per heavy atom. The summed E-state index contributed by atoms with van der Waals surface area (Å²) in [4.78, 5) is 0. The van der Waals surface area contributed by atoms with Crippen LogP contribution in [-0.4, -0.2) is 6.10 Å². The molecule has 0 bridgehead atoms. The molecule has 1 N–H and O–H groups in total. The maximum absolute atomic E-state index is 6.02. The van der Waals surface area contributed by atoms with E-state index in [1.54, 1.807) is 6.26 Å². The molecule has 1 aliphatic rings. The van der Waals surface area contributed by atoms with Gasteiger partial charge >= 0.3 is 0 Å². The van der Waals surface area contributed by atoms with Crippen molar-refractivity contribution < 1.29 is 9.15 Å². The summed E-state index contributed by atoms with van der Waals surface area (Å²) in [5.74, 6) is 1.96. The number of furan rings is 1. The first-order chi connectivity index (χ1) is 9.90. The average molecular weight is 271 g/mol. The van der Waals surface area contributed by atoms with Gasteiger partial charge in [-0.15, -0.1) is 0 Å². The molecule has 2 aromatic rings. The molecule has 106 valence electrons. The Morgan fingerprint density at radius 3 is 2.80 bits per heavy atom. The molecule has 0 spiro atoms. The van der Waals surface area contributed by atoms with Crippen LogP contribution in [0.1, 0.15) is 37.0 Å². The van der Waals surface area contributed by atoms with Gasteiger partial charge in [0.25, 0.3) is 0 Å². The van der Waals surface area contributed by atoms with Crippen molar-refractivity contribution in [3.05, 3.63) is 54.0 Å². The van der Waals surface area contributed by atoms with Crippen LogP contribution in [0.3, 0.4) is 0 Å². The molecule has 0 atom stereocenters. The van der Waals surface area contributed by atoms with Crippen molar-refractivity contribution >= 4 is 0 Å². The van der Waals surface area contributed by atoms with Crippen molar-refractivity contribution in [2.45, 2.75) is 44.9 Å². The molecule has 1 aromatic carbocycles. The maximum atomic E-state index is 6.02. The van der Waals surface area contributed by atoms with Crippen molar-refractivity contribution in [3.63, 3.8) is 0 Å². The van der Waals surface area contributed by atoms with Gasteiger partial charge in [-0.2, -0.15) is 0 Å². The molecule has 3 nitrogen and oxygen atoms in total. The molecule has 1 aliphatic carbocycles. The number of hydrogen-bond acceptors (Lipinski definition) is 3. The minimum absolute atomic E-state index is 0.418.